The Morgan fingerprint density at radius 1 is 1.57 bits per heavy atom. The summed E-state index contributed by atoms with van der Waals surface area (Å²) in [5.74, 6) is 0.234. The first-order chi connectivity index (χ1) is 6.65. The molecule has 0 aliphatic carbocycles. The third-order valence-electron chi connectivity index (χ3n) is 2.40. The molecule has 1 aromatic heterocycles. The van der Waals surface area contributed by atoms with Crippen LogP contribution in [0.4, 0.5) is 0 Å². The highest BCUT2D eigenvalue weighted by Gasteiger charge is 2.16. The number of aromatic amines is 1. The van der Waals surface area contributed by atoms with Crippen LogP contribution in [0.15, 0.2) is 0 Å². The second kappa shape index (κ2) is 4.69. The Kier molecular flexibility index (Phi) is 3.55. The smallest absolute Gasteiger partial charge is 0.293 e. The molecule has 0 aliphatic heterocycles. The van der Waals surface area contributed by atoms with Gasteiger partial charge < -0.3 is 5.32 Å². The zero-order chi connectivity index (χ0) is 10.6. The number of nitrogens with one attached hydrogen (secondary N) is 2. The first-order valence-electron chi connectivity index (χ1n) is 4.69. The van der Waals surface area contributed by atoms with Crippen LogP contribution in [0.25, 0.3) is 0 Å². The van der Waals surface area contributed by atoms with Crippen molar-refractivity contribution in [2.24, 2.45) is 5.92 Å². The Morgan fingerprint density at radius 2 is 2.29 bits per heavy atom. The summed E-state index contributed by atoms with van der Waals surface area (Å²) in [6.45, 7) is 6.13. The predicted molar refractivity (Wildman–Crippen MR) is 50.6 cm³/mol. The van der Waals surface area contributed by atoms with Crippen molar-refractivity contribution < 1.29 is 4.79 Å². The van der Waals surface area contributed by atoms with Crippen LogP contribution in [0.5, 0.6) is 0 Å². The maximum atomic E-state index is 11.4. The summed E-state index contributed by atoms with van der Waals surface area (Å²) in [5, 5.41) is 15.6. The fraction of sp³-hybridized carbons (Fsp3) is 0.750. The Morgan fingerprint density at radius 3 is 2.79 bits per heavy atom. The molecule has 1 rings (SSSR count). The van der Waals surface area contributed by atoms with E-state index < -0.39 is 0 Å². The summed E-state index contributed by atoms with van der Waals surface area (Å²) in [7, 11) is 0. The molecule has 1 aromatic rings. The molecule has 6 heteroatoms. The van der Waals surface area contributed by atoms with Gasteiger partial charge in [0, 0.05) is 6.04 Å². The van der Waals surface area contributed by atoms with E-state index in [1.807, 2.05) is 6.92 Å². The number of tetrazole rings is 1. The van der Waals surface area contributed by atoms with Gasteiger partial charge in [0.1, 0.15) is 0 Å². The van der Waals surface area contributed by atoms with Crippen molar-refractivity contribution in [3.05, 3.63) is 5.82 Å². The van der Waals surface area contributed by atoms with Gasteiger partial charge in [0.05, 0.1) is 0 Å². The van der Waals surface area contributed by atoms with Crippen LogP contribution in [-0.2, 0) is 0 Å². The number of hydrogen-bond donors (Lipinski definition) is 2. The SMILES string of the molecule is CCC(C)C(C)NC(=O)c1nn[nH]n1. The van der Waals surface area contributed by atoms with E-state index in [9.17, 15) is 4.79 Å². The van der Waals surface area contributed by atoms with Gasteiger partial charge in [-0.15, -0.1) is 10.2 Å². The molecule has 2 N–H and O–H groups in total. The van der Waals surface area contributed by atoms with E-state index in [0.717, 1.165) is 6.42 Å². The van der Waals surface area contributed by atoms with E-state index in [4.69, 9.17) is 0 Å². The van der Waals surface area contributed by atoms with E-state index in [2.05, 4.69) is 39.8 Å². The molecule has 0 saturated heterocycles. The number of nitrogens with zero attached hydrogens (tertiary/aromatic N) is 3. The van der Waals surface area contributed by atoms with Crippen LogP contribution in [0.1, 0.15) is 37.8 Å². The van der Waals surface area contributed by atoms with Crippen LogP contribution < -0.4 is 5.32 Å². The van der Waals surface area contributed by atoms with Crippen molar-refractivity contribution in [3.8, 4) is 0 Å². The van der Waals surface area contributed by atoms with Crippen molar-refractivity contribution >= 4 is 5.91 Å². The minimum atomic E-state index is -0.286. The Hall–Kier alpha value is -1.46. The monoisotopic (exact) mass is 197 g/mol. The molecule has 0 bridgehead atoms. The van der Waals surface area contributed by atoms with E-state index in [-0.39, 0.29) is 17.8 Å². The normalized spacial score (nSPS) is 14.8. The summed E-state index contributed by atoms with van der Waals surface area (Å²) in [4.78, 5) is 11.4. The third kappa shape index (κ3) is 2.51. The van der Waals surface area contributed by atoms with Gasteiger partial charge in [-0.3, -0.25) is 4.79 Å². The second-order valence-corrected chi connectivity index (χ2v) is 3.38. The fourth-order valence-corrected chi connectivity index (χ4v) is 1.03. The highest BCUT2D eigenvalue weighted by Crippen LogP contribution is 2.06. The molecule has 0 saturated carbocycles. The third-order valence-corrected chi connectivity index (χ3v) is 2.40. The van der Waals surface area contributed by atoms with Gasteiger partial charge in [0.2, 0.25) is 0 Å². The van der Waals surface area contributed by atoms with E-state index >= 15 is 0 Å². The molecule has 1 amide bonds. The Labute approximate surface area is 82.5 Å². The number of hydrogen-bond acceptors (Lipinski definition) is 4. The van der Waals surface area contributed by atoms with Crippen LogP contribution in [0.2, 0.25) is 0 Å². The summed E-state index contributed by atoms with van der Waals surface area (Å²) in [6, 6.07) is 0.117. The van der Waals surface area contributed by atoms with Gasteiger partial charge in [-0.1, -0.05) is 20.3 Å². The maximum Gasteiger partial charge on any atom is 0.293 e. The first kappa shape index (κ1) is 10.6. The molecule has 0 radical (unpaired) electrons. The average molecular weight is 197 g/mol. The summed E-state index contributed by atoms with van der Waals surface area (Å²) in [5.41, 5.74) is 0. The first-order valence-corrected chi connectivity index (χ1v) is 4.69. The standard InChI is InChI=1S/C8H15N5O/c1-4-5(2)6(3)9-8(14)7-10-12-13-11-7/h5-6H,4H2,1-3H3,(H,9,14)(H,10,11,12,13). The topological polar surface area (TPSA) is 83.6 Å². The molecule has 0 fully saturated rings. The molecule has 0 aromatic carbocycles. The lowest BCUT2D eigenvalue weighted by Crippen LogP contribution is -2.37. The molecule has 14 heavy (non-hydrogen) atoms. The van der Waals surface area contributed by atoms with Gasteiger partial charge in [-0.25, -0.2) is 0 Å². The van der Waals surface area contributed by atoms with Crippen molar-refractivity contribution in [1.29, 1.82) is 0 Å². The van der Waals surface area contributed by atoms with Crippen molar-refractivity contribution in [1.82, 2.24) is 25.9 Å². The second-order valence-electron chi connectivity index (χ2n) is 3.38. The molecule has 0 spiro atoms. The quantitative estimate of drug-likeness (QED) is 0.730. The molecule has 78 valence electrons. The molecule has 6 nitrogen and oxygen atoms in total. The van der Waals surface area contributed by atoms with Crippen molar-refractivity contribution in [2.45, 2.75) is 33.2 Å². The van der Waals surface area contributed by atoms with Crippen LogP contribution in [-0.4, -0.2) is 32.6 Å². The van der Waals surface area contributed by atoms with Crippen LogP contribution >= 0.6 is 0 Å². The fourth-order valence-electron chi connectivity index (χ4n) is 1.03. The zero-order valence-electron chi connectivity index (χ0n) is 8.61. The number of rotatable bonds is 4. The van der Waals surface area contributed by atoms with Gasteiger partial charge in [0.25, 0.3) is 11.7 Å². The highest BCUT2D eigenvalue weighted by molar-refractivity contribution is 5.90. The summed E-state index contributed by atoms with van der Waals surface area (Å²) < 4.78 is 0. The van der Waals surface area contributed by atoms with E-state index in [1.54, 1.807) is 0 Å². The minimum Gasteiger partial charge on any atom is -0.346 e. The summed E-state index contributed by atoms with van der Waals surface area (Å²) >= 11 is 0. The molecule has 1 heterocycles. The maximum absolute atomic E-state index is 11.4. The van der Waals surface area contributed by atoms with E-state index in [0.29, 0.717) is 5.92 Å². The summed E-state index contributed by atoms with van der Waals surface area (Å²) in [6.07, 6.45) is 1.02. The lowest BCUT2D eigenvalue weighted by Gasteiger charge is -2.18. The molecule has 2 atom stereocenters. The zero-order valence-corrected chi connectivity index (χ0v) is 8.61. The van der Waals surface area contributed by atoms with Crippen LogP contribution in [0, 0.1) is 5.92 Å². The lowest BCUT2D eigenvalue weighted by molar-refractivity contribution is 0.0917. The van der Waals surface area contributed by atoms with Gasteiger partial charge in [-0.2, -0.15) is 5.21 Å². The van der Waals surface area contributed by atoms with Gasteiger partial charge in [0.15, 0.2) is 0 Å². The molecule has 0 aliphatic rings. The number of amides is 1. The van der Waals surface area contributed by atoms with E-state index in [1.165, 1.54) is 0 Å². The minimum absolute atomic E-state index is 0.0835. The highest BCUT2D eigenvalue weighted by atomic mass is 16.2. The molecular weight excluding hydrogens is 182 g/mol. The Balaban J connectivity index is 2.49. The average Bonchev–Trinajstić information content (AvgIpc) is 2.69. The van der Waals surface area contributed by atoms with Gasteiger partial charge in [-0.05, 0) is 18.1 Å². The number of H-pyrrole nitrogens is 1. The molecule has 2 unspecified atom stereocenters. The largest absolute Gasteiger partial charge is 0.346 e. The lowest BCUT2D eigenvalue weighted by atomic mass is 10.0. The number of aromatic nitrogens is 4. The van der Waals surface area contributed by atoms with Crippen molar-refractivity contribution in [3.63, 3.8) is 0 Å². The predicted octanol–water partition coefficient (Wildman–Crippen LogP) is 0.364. The number of carbonyl (C=O) groups excluding carboxylic acids is 1. The number of carbonyl (C=O) groups is 1. The Bertz CT molecular complexity index is 284. The molecular formula is C8H15N5O. The van der Waals surface area contributed by atoms with Gasteiger partial charge >= 0.3 is 0 Å². The van der Waals surface area contributed by atoms with Crippen LogP contribution in [0.3, 0.4) is 0 Å². The van der Waals surface area contributed by atoms with Crippen molar-refractivity contribution in [2.75, 3.05) is 0 Å².